The van der Waals surface area contributed by atoms with E-state index < -0.39 is 6.04 Å². The summed E-state index contributed by atoms with van der Waals surface area (Å²) in [5.41, 5.74) is 3.47. The number of thiophene rings is 1. The number of rotatable bonds is 10. The molecule has 0 aliphatic carbocycles. The number of carbonyl (C=O) groups is 3. The number of amides is 3. The van der Waals surface area contributed by atoms with Gasteiger partial charge in [-0.05, 0) is 47.2 Å². The van der Waals surface area contributed by atoms with Crippen LogP contribution in [0.25, 0.3) is 10.9 Å². The van der Waals surface area contributed by atoms with Crippen molar-refractivity contribution in [1.29, 1.82) is 0 Å². The summed E-state index contributed by atoms with van der Waals surface area (Å²) in [6, 6.07) is 18.0. The largest absolute Gasteiger partial charge is 0.361 e. The van der Waals surface area contributed by atoms with Crippen LogP contribution < -0.4 is 16.0 Å². The molecule has 0 aliphatic rings. The highest BCUT2D eigenvalue weighted by Gasteiger charge is 2.23. The summed E-state index contributed by atoms with van der Waals surface area (Å²) in [4.78, 5) is 41.7. The Morgan fingerprint density at radius 2 is 1.89 bits per heavy atom. The molecular formula is C27H28N4O3S. The van der Waals surface area contributed by atoms with Crippen LogP contribution in [0, 0.1) is 0 Å². The van der Waals surface area contributed by atoms with Crippen molar-refractivity contribution in [3.05, 3.63) is 88.2 Å². The molecule has 0 spiro atoms. The molecule has 2 aromatic carbocycles. The van der Waals surface area contributed by atoms with Crippen molar-refractivity contribution in [3.63, 3.8) is 0 Å². The van der Waals surface area contributed by atoms with E-state index in [4.69, 9.17) is 0 Å². The van der Waals surface area contributed by atoms with Gasteiger partial charge in [0.15, 0.2) is 0 Å². The minimum atomic E-state index is -0.753. The highest BCUT2D eigenvalue weighted by molar-refractivity contribution is 7.12. The van der Waals surface area contributed by atoms with Crippen molar-refractivity contribution in [2.75, 3.05) is 5.32 Å². The molecule has 35 heavy (non-hydrogen) atoms. The molecular weight excluding hydrogens is 460 g/mol. The first-order valence-corrected chi connectivity index (χ1v) is 12.5. The molecule has 0 saturated heterocycles. The van der Waals surface area contributed by atoms with Gasteiger partial charge in [-0.15, -0.1) is 11.3 Å². The standard InChI is InChI=1S/C27H28N4O3S/c1-2-7-25(32)30-20-9-5-8-18(14-20)16-29-26(33)23(31-27(34)24-12-6-13-35-24)15-19-17-28-22-11-4-3-10-21(19)22/h3-6,8-14,17,23,28H,2,7,15-16H2,1H3,(H,29,33)(H,30,32)(H,31,34). The highest BCUT2D eigenvalue weighted by atomic mass is 32.1. The van der Waals surface area contributed by atoms with E-state index in [1.165, 1.54) is 11.3 Å². The maximum atomic E-state index is 13.2. The zero-order valence-corrected chi connectivity index (χ0v) is 20.3. The highest BCUT2D eigenvalue weighted by Crippen LogP contribution is 2.20. The lowest BCUT2D eigenvalue weighted by molar-refractivity contribution is -0.123. The molecule has 8 heteroatoms. The Morgan fingerprint density at radius 1 is 1.03 bits per heavy atom. The number of aromatic nitrogens is 1. The smallest absolute Gasteiger partial charge is 0.262 e. The Balaban J connectivity index is 1.47. The van der Waals surface area contributed by atoms with E-state index in [1.54, 1.807) is 12.1 Å². The summed E-state index contributed by atoms with van der Waals surface area (Å²) in [6.07, 6.45) is 3.46. The molecule has 2 aromatic heterocycles. The van der Waals surface area contributed by atoms with Gasteiger partial charge >= 0.3 is 0 Å². The van der Waals surface area contributed by atoms with Gasteiger partial charge in [-0.2, -0.15) is 0 Å². The monoisotopic (exact) mass is 488 g/mol. The first-order valence-electron chi connectivity index (χ1n) is 11.6. The molecule has 3 amide bonds. The third-order valence-electron chi connectivity index (χ3n) is 5.62. The quantitative estimate of drug-likeness (QED) is 0.262. The lowest BCUT2D eigenvalue weighted by Crippen LogP contribution is -2.47. The first kappa shape index (κ1) is 24.2. The normalized spacial score (nSPS) is 11.7. The Bertz CT molecular complexity index is 1310. The van der Waals surface area contributed by atoms with E-state index in [-0.39, 0.29) is 24.3 Å². The van der Waals surface area contributed by atoms with Crippen molar-refractivity contribution >= 4 is 45.6 Å². The van der Waals surface area contributed by atoms with Crippen molar-refractivity contribution in [1.82, 2.24) is 15.6 Å². The van der Waals surface area contributed by atoms with Crippen LogP contribution in [-0.2, 0) is 22.6 Å². The molecule has 0 aliphatic heterocycles. The molecule has 0 fully saturated rings. The van der Waals surface area contributed by atoms with Crippen LogP contribution >= 0.6 is 11.3 Å². The number of benzene rings is 2. The van der Waals surface area contributed by atoms with Gasteiger partial charge in [0.2, 0.25) is 11.8 Å². The number of carbonyl (C=O) groups excluding carboxylic acids is 3. The van der Waals surface area contributed by atoms with Crippen molar-refractivity contribution in [2.24, 2.45) is 0 Å². The third-order valence-corrected chi connectivity index (χ3v) is 6.49. The van der Waals surface area contributed by atoms with Crippen molar-refractivity contribution in [3.8, 4) is 0 Å². The molecule has 4 N–H and O–H groups in total. The van der Waals surface area contributed by atoms with Gasteiger partial charge in [0.1, 0.15) is 6.04 Å². The van der Waals surface area contributed by atoms with Crippen LogP contribution in [0.3, 0.4) is 0 Å². The van der Waals surface area contributed by atoms with E-state index in [0.717, 1.165) is 28.5 Å². The molecule has 0 saturated carbocycles. The van der Waals surface area contributed by atoms with Gasteiger partial charge in [-0.1, -0.05) is 43.3 Å². The van der Waals surface area contributed by atoms with Gasteiger partial charge in [-0.3, -0.25) is 14.4 Å². The van der Waals surface area contributed by atoms with Crippen LogP contribution in [0.15, 0.2) is 72.2 Å². The molecule has 2 heterocycles. The van der Waals surface area contributed by atoms with Crippen molar-refractivity contribution in [2.45, 2.75) is 38.8 Å². The Labute approximate surface area is 207 Å². The SMILES string of the molecule is CCCC(=O)Nc1cccc(CNC(=O)C(Cc2c[nH]c3ccccc23)NC(=O)c2cccs2)c1. The molecule has 1 atom stereocenters. The molecule has 0 bridgehead atoms. The van der Waals surface area contributed by atoms with E-state index in [0.29, 0.717) is 23.4 Å². The predicted molar refractivity (Wildman–Crippen MR) is 139 cm³/mol. The summed E-state index contributed by atoms with van der Waals surface area (Å²) >= 11 is 1.33. The van der Waals surface area contributed by atoms with Gasteiger partial charge in [0.25, 0.3) is 5.91 Å². The van der Waals surface area contributed by atoms with Gasteiger partial charge in [0.05, 0.1) is 4.88 Å². The average molecular weight is 489 g/mol. The fourth-order valence-corrected chi connectivity index (χ4v) is 4.52. The fraction of sp³-hybridized carbons (Fsp3) is 0.222. The number of hydrogen-bond donors (Lipinski definition) is 4. The summed E-state index contributed by atoms with van der Waals surface area (Å²) in [6.45, 7) is 2.23. The fourth-order valence-electron chi connectivity index (χ4n) is 3.89. The number of aromatic amines is 1. The van der Waals surface area contributed by atoms with E-state index in [2.05, 4.69) is 20.9 Å². The minimum Gasteiger partial charge on any atom is -0.361 e. The lowest BCUT2D eigenvalue weighted by atomic mass is 10.0. The summed E-state index contributed by atoms with van der Waals surface area (Å²) in [5.74, 6) is -0.593. The minimum absolute atomic E-state index is 0.0382. The summed E-state index contributed by atoms with van der Waals surface area (Å²) in [7, 11) is 0. The molecule has 1 unspecified atom stereocenters. The Hall–Kier alpha value is -3.91. The second-order valence-corrected chi connectivity index (χ2v) is 9.23. The number of anilines is 1. The maximum Gasteiger partial charge on any atom is 0.262 e. The van der Waals surface area contributed by atoms with Crippen LogP contribution in [0.5, 0.6) is 0 Å². The third kappa shape index (κ3) is 6.36. The number of nitrogens with one attached hydrogen (secondary N) is 4. The second kappa shape index (κ2) is 11.5. The van der Waals surface area contributed by atoms with Crippen molar-refractivity contribution < 1.29 is 14.4 Å². The van der Waals surface area contributed by atoms with Crippen LogP contribution in [0.1, 0.15) is 40.6 Å². The van der Waals surface area contributed by atoms with E-state index in [9.17, 15) is 14.4 Å². The van der Waals surface area contributed by atoms with Gasteiger partial charge in [-0.25, -0.2) is 0 Å². The van der Waals surface area contributed by atoms with Crippen LogP contribution in [0.4, 0.5) is 5.69 Å². The summed E-state index contributed by atoms with van der Waals surface area (Å²) in [5, 5.41) is 11.6. The molecule has 4 aromatic rings. The van der Waals surface area contributed by atoms with Crippen LogP contribution in [-0.4, -0.2) is 28.7 Å². The summed E-state index contributed by atoms with van der Waals surface area (Å²) < 4.78 is 0. The second-order valence-electron chi connectivity index (χ2n) is 8.28. The van der Waals surface area contributed by atoms with E-state index in [1.807, 2.05) is 67.0 Å². The zero-order valence-electron chi connectivity index (χ0n) is 19.5. The molecule has 7 nitrogen and oxygen atoms in total. The number of H-pyrrole nitrogens is 1. The Morgan fingerprint density at radius 3 is 2.69 bits per heavy atom. The predicted octanol–water partition coefficient (Wildman–Crippen LogP) is 4.63. The molecule has 4 rings (SSSR count). The van der Waals surface area contributed by atoms with Gasteiger partial charge < -0.3 is 20.9 Å². The Kier molecular flexibility index (Phi) is 7.95. The van der Waals surface area contributed by atoms with E-state index >= 15 is 0 Å². The number of para-hydroxylation sites is 1. The molecule has 180 valence electrons. The topological polar surface area (TPSA) is 103 Å². The maximum absolute atomic E-state index is 13.2. The lowest BCUT2D eigenvalue weighted by Gasteiger charge is -2.18. The first-order chi connectivity index (χ1) is 17.0. The number of fused-ring (bicyclic) bond motifs is 1. The number of hydrogen-bond acceptors (Lipinski definition) is 4. The zero-order chi connectivity index (χ0) is 24.6. The average Bonchev–Trinajstić information content (AvgIpc) is 3.53. The molecule has 0 radical (unpaired) electrons. The van der Waals surface area contributed by atoms with Crippen LogP contribution in [0.2, 0.25) is 0 Å². The van der Waals surface area contributed by atoms with Gasteiger partial charge in [0, 0.05) is 42.2 Å².